The molecule has 0 spiro atoms. The van der Waals surface area contributed by atoms with Crippen LogP contribution in [0.4, 0.5) is 5.69 Å². The number of ether oxygens (including phenoxy) is 2. The Hall–Kier alpha value is -4.71. The molecule has 4 atom stereocenters. The van der Waals surface area contributed by atoms with E-state index in [9.17, 15) is 14.4 Å². The van der Waals surface area contributed by atoms with Crippen LogP contribution in [0.1, 0.15) is 22.6 Å². The molecule has 4 aromatic carbocycles. The minimum absolute atomic E-state index is 0.306. The number of hydrogen-bond donors (Lipinski definition) is 0. The SMILES string of the molecule is COc1ccc([C@@H]2C=C3c4ccc(C)cc4OC(=O)[C@@H]3[C@H]3C(=O)N(c4cccc5ccccc45)C(=O)[C@H]32)cc1. The number of esters is 1. The molecule has 4 aromatic rings. The molecule has 2 heterocycles. The predicted octanol–water partition coefficient (Wildman–Crippen LogP) is 5.68. The van der Waals surface area contributed by atoms with Crippen LogP contribution in [0.2, 0.25) is 0 Å². The normalized spacial score (nSPS) is 23.6. The van der Waals surface area contributed by atoms with E-state index in [0.717, 1.165) is 33.0 Å². The first kappa shape index (κ1) is 23.4. The molecule has 0 radical (unpaired) electrons. The number of hydrogen-bond acceptors (Lipinski definition) is 5. The third-order valence-electron chi connectivity index (χ3n) is 8.26. The Morgan fingerprint density at radius 2 is 1.56 bits per heavy atom. The molecule has 2 amide bonds. The lowest BCUT2D eigenvalue weighted by Crippen LogP contribution is -2.42. The Kier molecular flexibility index (Phi) is 5.20. The molecule has 3 aliphatic rings. The topological polar surface area (TPSA) is 72.9 Å². The van der Waals surface area contributed by atoms with Crippen molar-refractivity contribution in [2.24, 2.45) is 17.8 Å². The van der Waals surface area contributed by atoms with E-state index in [-0.39, 0.29) is 11.8 Å². The van der Waals surface area contributed by atoms with Crippen molar-refractivity contribution >= 4 is 39.8 Å². The zero-order valence-corrected chi connectivity index (χ0v) is 21.5. The van der Waals surface area contributed by atoms with Crippen molar-refractivity contribution in [3.63, 3.8) is 0 Å². The van der Waals surface area contributed by atoms with Crippen molar-refractivity contribution in [3.05, 3.63) is 108 Å². The molecular weight excluding hydrogens is 490 g/mol. The maximum Gasteiger partial charge on any atom is 0.319 e. The molecule has 0 bridgehead atoms. The van der Waals surface area contributed by atoms with E-state index in [4.69, 9.17) is 9.47 Å². The highest BCUT2D eigenvalue weighted by atomic mass is 16.5. The summed E-state index contributed by atoms with van der Waals surface area (Å²) in [5.74, 6) is -2.91. The number of imide groups is 1. The van der Waals surface area contributed by atoms with Gasteiger partial charge in [-0.1, -0.05) is 66.7 Å². The fourth-order valence-corrected chi connectivity index (χ4v) is 6.46. The van der Waals surface area contributed by atoms with Crippen LogP contribution >= 0.6 is 0 Å². The average molecular weight is 516 g/mol. The van der Waals surface area contributed by atoms with Gasteiger partial charge < -0.3 is 9.47 Å². The highest BCUT2D eigenvalue weighted by Gasteiger charge is 2.60. The summed E-state index contributed by atoms with van der Waals surface area (Å²) in [6, 6.07) is 26.6. The fraction of sp³-hybridized carbons (Fsp3) is 0.182. The van der Waals surface area contributed by atoms with Crippen LogP contribution in [0.25, 0.3) is 16.3 Å². The van der Waals surface area contributed by atoms with Crippen LogP contribution in [0, 0.1) is 24.7 Å². The van der Waals surface area contributed by atoms with Crippen LogP contribution in [0.15, 0.2) is 91.0 Å². The molecule has 0 aromatic heterocycles. The number of amides is 2. The van der Waals surface area contributed by atoms with Crippen molar-refractivity contribution < 1.29 is 23.9 Å². The van der Waals surface area contributed by atoms with Gasteiger partial charge in [0.15, 0.2) is 0 Å². The molecule has 0 unspecified atom stereocenters. The first-order chi connectivity index (χ1) is 19.0. The number of benzene rings is 4. The van der Waals surface area contributed by atoms with Crippen LogP contribution < -0.4 is 14.4 Å². The van der Waals surface area contributed by atoms with E-state index in [1.807, 2.05) is 91.9 Å². The van der Waals surface area contributed by atoms with Gasteiger partial charge in [0.1, 0.15) is 11.5 Å². The summed E-state index contributed by atoms with van der Waals surface area (Å²) in [7, 11) is 1.60. The summed E-state index contributed by atoms with van der Waals surface area (Å²) in [6.45, 7) is 1.94. The quantitative estimate of drug-likeness (QED) is 0.199. The number of allylic oxidation sites excluding steroid dienone is 1. The van der Waals surface area contributed by atoms with E-state index in [0.29, 0.717) is 17.2 Å². The van der Waals surface area contributed by atoms with Gasteiger partial charge >= 0.3 is 5.97 Å². The Labute approximate surface area is 225 Å². The molecule has 7 rings (SSSR count). The Balaban J connectivity index is 1.43. The second-order valence-electron chi connectivity index (χ2n) is 10.4. The molecule has 2 aliphatic heterocycles. The summed E-state index contributed by atoms with van der Waals surface area (Å²) in [6.07, 6.45) is 2.00. The second kappa shape index (κ2) is 8.67. The van der Waals surface area contributed by atoms with Gasteiger partial charge in [-0.3, -0.25) is 14.4 Å². The van der Waals surface area contributed by atoms with Crippen molar-refractivity contribution in [2.75, 3.05) is 12.0 Å². The Bertz CT molecular complexity index is 1710. The van der Waals surface area contributed by atoms with Gasteiger partial charge in [0.05, 0.1) is 30.6 Å². The lowest BCUT2D eigenvalue weighted by Gasteiger charge is -2.38. The van der Waals surface area contributed by atoms with E-state index in [1.165, 1.54) is 4.90 Å². The summed E-state index contributed by atoms with van der Waals surface area (Å²) in [5, 5.41) is 1.74. The number of carbonyl (C=O) groups is 3. The van der Waals surface area contributed by atoms with Crippen molar-refractivity contribution in [3.8, 4) is 11.5 Å². The monoisotopic (exact) mass is 515 g/mol. The van der Waals surface area contributed by atoms with E-state index in [2.05, 4.69) is 0 Å². The van der Waals surface area contributed by atoms with Crippen molar-refractivity contribution in [2.45, 2.75) is 12.8 Å². The standard InChI is InChI=1S/C33H25NO5/c1-18-10-15-23-25-17-24(20-11-13-21(38-2)14-12-20)28-30(29(25)33(37)39-27(23)16-18)32(36)34(31(28)35)26-9-5-7-19-6-3-4-8-22(19)26/h3-17,24,28-30H,1-2H3/t24-,28-,29-,30-/m0/s1. The highest BCUT2D eigenvalue weighted by molar-refractivity contribution is 6.27. The lowest BCUT2D eigenvalue weighted by atomic mass is 9.64. The molecule has 1 saturated heterocycles. The zero-order valence-electron chi connectivity index (χ0n) is 21.5. The Morgan fingerprint density at radius 3 is 2.36 bits per heavy atom. The number of aryl methyl sites for hydroxylation is 1. The molecule has 0 N–H and O–H groups in total. The molecule has 6 heteroatoms. The van der Waals surface area contributed by atoms with Gasteiger partial charge in [0.25, 0.3) is 0 Å². The van der Waals surface area contributed by atoms with Gasteiger partial charge in [0.2, 0.25) is 11.8 Å². The number of nitrogens with zero attached hydrogens (tertiary/aromatic N) is 1. The maximum absolute atomic E-state index is 14.3. The Morgan fingerprint density at radius 1 is 0.821 bits per heavy atom. The number of fused-ring (bicyclic) bond motifs is 6. The molecule has 0 saturated carbocycles. The smallest absolute Gasteiger partial charge is 0.319 e. The van der Waals surface area contributed by atoms with Crippen molar-refractivity contribution in [1.82, 2.24) is 0 Å². The van der Waals surface area contributed by atoms with Gasteiger partial charge in [0, 0.05) is 16.9 Å². The molecule has 192 valence electrons. The number of methoxy groups -OCH3 is 1. The van der Waals surface area contributed by atoms with Crippen molar-refractivity contribution in [1.29, 1.82) is 0 Å². The largest absolute Gasteiger partial charge is 0.497 e. The predicted molar refractivity (Wildman–Crippen MR) is 147 cm³/mol. The third kappa shape index (κ3) is 3.44. The summed E-state index contributed by atoms with van der Waals surface area (Å²) in [4.78, 5) is 43.4. The van der Waals surface area contributed by atoms with Gasteiger partial charge in [-0.25, -0.2) is 4.90 Å². The summed E-state index contributed by atoms with van der Waals surface area (Å²) < 4.78 is 11.1. The van der Waals surface area contributed by atoms with Crippen LogP contribution in [-0.4, -0.2) is 24.9 Å². The first-order valence-corrected chi connectivity index (χ1v) is 13.0. The van der Waals surface area contributed by atoms with Gasteiger partial charge in [-0.2, -0.15) is 0 Å². The molecule has 39 heavy (non-hydrogen) atoms. The summed E-state index contributed by atoms with van der Waals surface area (Å²) in [5.41, 5.74) is 3.91. The zero-order chi connectivity index (χ0) is 26.8. The molecule has 6 nitrogen and oxygen atoms in total. The molecule has 1 fully saturated rings. The maximum atomic E-state index is 14.3. The number of anilines is 1. The highest BCUT2D eigenvalue weighted by Crippen LogP contribution is 2.55. The van der Waals surface area contributed by atoms with E-state index >= 15 is 0 Å². The van der Waals surface area contributed by atoms with Gasteiger partial charge in [-0.15, -0.1) is 0 Å². The third-order valence-corrected chi connectivity index (χ3v) is 8.26. The van der Waals surface area contributed by atoms with Crippen LogP contribution in [0.5, 0.6) is 11.5 Å². The first-order valence-electron chi connectivity index (χ1n) is 13.0. The van der Waals surface area contributed by atoms with Gasteiger partial charge in [-0.05, 0) is 53.3 Å². The van der Waals surface area contributed by atoms with Crippen LogP contribution in [-0.2, 0) is 14.4 Å². The average Bonchev–Trinajstić information content (AvgIpc) is 3.21. The second-order valence-corrected chi connectivity index (χ2v) is 10.4. The number of rotatable bonds is 3. The molecule has 1 aliphatic carbocycles. The summed E-state index contributed by atoms with van der Waals surface area (Å²) >= 11 is 0. The lowest BCUT2D eigenvalue weighted by molar-refractivity contribution is -0.142. The van der Waals surface area contributed by atoms with E-state index in [1.54, 1.807) is 13.2 Å². The fourth-order valence-electron chi connectivity index (χ4n) is 6.46. The molecular formula is C33H25NO5. The van der Waals surface area contributed by atoms with Crippen LogP contribution in [0.3, 0.4) is 0 Å². The minimum atomic E-state index is -0.884. The van der Waals surface area contributed by atoms with E-state index < -0.39 is 29.6 Å². The minimum Gasteiger partial charge on any atom is -0.497 e. The number of carbonyl (C=O) groups excluding carboxylic acids is 3.